The van der Waals surface area contributed by atoms with Crippen molar-refractivity contribution in [1.82, 2.24) is 33.9 Å². The van der Waals surface area contributed by atoms with Crippen molar-refractivity contribution in [2.75, 3.05) is 32.1 Å². The van der Waals surface area contributed by atoms with Gasteiger partial charge in [0.2, 0.25) is 17.6 Å². The molecule has 1 aliphatic rings. The summed E-state index contributed by atoms with van der Waals surface area (Å²) in [6, 6.07) is 0.824. The number of rotatable bonds is 5. The molecule has 4 aromatic rings. The topological polar surface area (TPSA) is 84.9 Å². The van der Waals surface area contributed by atoms with E-state index in [0.717, 1.165) is 11.1 Å². The number of aromatic nitrogens is 6. The van der Waals surface area contributed by atoms with Gasteiger partial charge in [-0.05, 0) is 19.0 Å². The molecule has 1 unspecified atom stereocenters. The highest BCUT2D eigenvalue weighted by molar-refractivity contribution is 5.84. The molecule has 31 heavy (non-hydrogen) atoms. The lowest BCUT2D eigenvalue weighted by Gasteiger charge is -2.38. The van der Waals surface area contributed by atoms with Gasteiger partial charge in [0.05, 0.1) is 19.7 Å². The zero-order valence-corrected chi connectivity index (χ0v) is 17.2. The lowest BCUT2D eigenvalue weighted by atomic mass is 10.0. The van der Waals surface area contributed by atoms with Crippen LogP contribution < -0.4 is 10.1 Å². The molecule has 1 atom stereocenters. The van der Waals surface area contributed by atoms with E-state index in [9.17, 15) is 8.78 Å². The highest BCUT2D eigenvalue weighted by Gasteiger charge is 2.44. The van der Waals surface area contributed by atoms with Crippen LogP contribution in [0, 0.1) is 0 Å². The molecule has 1 fully saturated rings. The van der Waals surface area contributed by atoms with Gasteiger partial charge in [0, 0.05) is 48.7 Å². The van der Waals surface area contributed by atoms with Gasteiger partial charge in [-0.2, -0.15) is 4.98 Å². The molecule has 0 amide bonds. The molecule has 0 saturated carbocycles. The minimum atomic E-state index is -2.88. The quantitative estimate of drug-likeness (QED) is 0.523. The highest BCUT2D eigenvalue weighted by Crippen LogP contribution is 2.33. The SMILES string of the molecule is CCN1CCC(Nc2nc(OC)c3c(-c4cnc5nccn5c4)ccn3n2)C(F)(F)C1. The summed E-state index contributed by atoms with van der Waals surface area (Å²) in [6.45, 7) is 2.80. The summed E-state index contributed by atoms with van der Waals surface area (Å²) in [7, 11) is 1.49. The number of likely N-dealkylation sites (tertiary alicyclic amines) is 1. The summed E-state index contributed by atoms with van der Waals surface area (Å²) in [5.41, 5.74) is 2.27. The Morgan fingerprint density at radius 3 is 2.94 bits per heavy atom. The number of halogens is 2. The van der Waals surface area contributed by atoms with Crippen molar-refractivity contribution in [2.45, 2.75) is 25.3 Å². The summed E-state index contributed by atoms with van der Waals surface area (Å²) in [6.07, 6.45) is 9.15. The predicted molar refractivity (Wildman–Crippen MR) is 111 cm³/mol. The Labute approximate surface area is 176 Å². The molecule has 162 valence electrons. The van der Waals surface area contributed by atoms with E-state index in [2.05, 4.69) is 25.4 Å². The second-order valence-electron chi connectivity index (χ2n) is 7.56. The molecule has 5 rings (SSSR count). The van der Waals surface area contributed by atoms with E-state index in [1.165, 1.54) is 7.11 Å². The molecule has 1 aliphatic heterocycles. The van der Waals surface area contributed by atoms with Gasteiger partial charge in [-0.3, -0.25) is 9.30 Å². The van der Waals surface area contributed by atoms with E-state index in [0.29, 0.717) is 30.8 Å². The smallest absolute Gasteiger partial charge is 0.280 e. The molecule has 1 N–H and O–H groups in total. The minimum Gasteiger partial charge on any atom is -0.479 e. The summed E-state index contributed by atoms with van der Waals surface area (Å²) < 4.78 is 38.1. The lowest BCUT2D eigenvalue weighted by Crippen LogP contribution is -2.54. The van der Waals surface area contributed by atoms with E-state index >= 15 is 0 Å². The van der Waals surface area contributed by atoms with Crippen LogP contribution in [0.3, 0.4) is 0 Å². The molecular formula is C20H22F2N8O. The fourth-order valence-corrected chi connectivity index (χ4v) is 4.00. The number of anilines is 1. The van der Waals surface area contributed by atoms with Gasteiger partial charge in [0.1, 0.15) is 5.52 Å². The Morgan fingerprint density at radius 2 is 2.16 bits per heavy atom. The van der Waals surface area contributed by atoms with Gasteiger partial charge in [0.15, 0.2) is 0 Å². The first-order valence-corrected chi connectivity index (χ1v) is 10.1. The average molecular weight is 428 g/mol. The maximum Gasteiger partial charge on any atom is 0.280 e. The second kappa shape index (κ2) is 7.41. The van der Waals surface area contributed by atoms with Gasteiger partial charge < -0.3 is 10.1 Å². The Kier molecular flexibility index (Phi) is 4.69. The number of imidazole rings is 1. The summed E-state index contributed by atoms with van der Waals surface area (Å²) in [5, 5.41) is 7.24. The fourth-order valence-electron chi connectivity index (χ4n) is 4.00. The van der Waals surface area contributed by atoms with Gasteiger partial charge in [-0.1, -0.05) is 6.92 Å². The Morgan fingerprint density at radius 1 is 1.29 bits per heavy atom. The first-order chi connectivity index (χ1) is 15.0. The van der Waals surface area contributed by atoms with Gasteiger partial charge in [-0.25, -0.2) is 23.3 Å². The number of methoxy groups -OCH3 is 1. The Bertz CT molecular complexity index is 1240. The average Bonchev–Trinajstić information content (AvgIpc) is 3.40. The van der Waals surface area contributed by atoms with E-state index in [1.54, 1.807) is 28.0 Å². The van der Waals surface area contributed by atoms with Crippen LogP contribution in [0.4, 0.5) is 14.7 Å². The van der Waals surface area contributed by atoms with Crippen molar-refractivity contribution in [3.05, 3.63) is 37.1 Å². The van der Waals surface area contributed by atoms with Crippen LogP contribution in [0.25, 0.3) is 22.4 Å². The number of alkyl halides is 2. The van der Waals surface area contributed by atoms with Gasteiger partial charge >= 0.3 is 0 Å². The van der Waals surface area contributed by atoms with E-state index in [1.807, 2.05) is 29.8 Å². The van der Waals surface area contributed by atoms with Crippen LogP contribution in [0.15, 0.2) is 37.1 Å². The number of piperidine rings is 1. The molecule has 11 heteroatoms. The van der Waals surface area contributed by atoms with E-state index in [4.69, 9.17) is 4.74 Å². The first-order valence-electron chi connectivity index (χ1n) is 10.1. The van der Waals surface area contributed by atoms with Gasteiger partial charge in [-0.15, -0.1) is 5.10 Å². The molecule has 0 aromatic carbocycles. The zero-order chi connectivity index (χ0) is 21.6. The minimum absolute atomic E-state index is 0.101. The number of nitrogens with one attached hydrogen (secondary N) is 1. The monoisotopic (exact) mass is 428 g/mol. The number of nitrogens with zero attached hydrogens (tertiary/aromatic N) is 7. The van der Waals surface area contributed by atoms with Crippen LogP contribution >= 0.6 is 0 Å². The van der Waals surface area contributed by atoms with Crippen molar-refractivity contribution < 1.29 is 13.5 Å². The largest absolute Gasteiger partial charge is 0.479 e. The van der Waals surface area contributed by atoms with Crippen LogP contribution in [0.2, 0.25) is 0 Å². The van der Waals surface area contributed by atoms with Crippen LogP contribution in [0.1, 0.15) is 13.3 Å². The Balaban J connectivity index is 1.50. The molecule has 0 spiro atoms. The number of hydrogen-bond donors (Lipinski definition) is 1. The molecular weight excluding hydrogens is 406 g/mol. The van der Waals surface area contributed by atoms with Crippen LogP contribution in [0.5, 0.6) is 5.88 Å². The van der Waals surface area contributed by atoms with Crippen LogP contribution in [-0.2, 0) is 0 Å². The number of hydrogen-bond acceptors (Lipinski definition) is 7. The van der Waals surface area contributed by atoms with Crippen molar-refractivity contribution in [2.24, 2.45) is 0 Å². The second-order valence-corrected chi connectivity index (χ2v) is 7.56. The molecule has 0 aliphatic carbocycles. The summed E-state index contributed by atoms with van der Waals surface area (Å²) in [4.78, 5) is 14.6. The van der Waals surface area contributed by atoms with E-state index in [-0.39, 0.29) is 18.4 Å². The summed E-state index contributed by atoms with van der Waals surface area (Å²) >= 11 is 0. The third-order valence-electron chi connectivity index (χ3n) is 5.66. The van der Waals surface area contributed by atoms with E-state index < -0.39 is 12.0 Å². The van der Waals surface area contributed by atoms with Crippen molar-refractivity contribution >= 4 is 17.2 Å². The normalized spacial score (nSPS) is 19.2. The van der Waals surface area contributed by atoms with Crippen LogP contribution in [-0.4, -0.2) is 72.6 Å². The number of ether oxygens (including phenoxy) is 1. The molecule has 5 heterocycles. The molecule has 9 nitrogen and oxygen atoms in total. The first kappa shape index (κ1) is 19.6. The Hall–Kier alpha value is -3.34. The lowest BCUT2D eigenvalue weighted by molar-refractivity contribution is -0.0726. The maximum absolute atomic E-state index is 14.6. The maximum atomic E-state index is 14.6. The number of fused-ring (bicyclic) bond motifs is 2. The molecule has 0 bridgehead atoms. The fraction of sp³-hybridized carbons (Fsp3) is 0.400. The molecule has 1 saturated heterocycles. The van der Waals surface area contributed by atoms with Crippen molar-refractivity contribution in [3.8, 4) is 17.0 Å². The standard InChI is InChI=1S/C20H22F2N8O/c1-3-28-7-5-15(20(21,22)12-28)25-18-26-17(31-2)16-14(4-8-30(16)27-18)13-10-24-19-23-6-9-29(19)11-13/h4,6,8-11,15H,3,5,7,12H2,1-2H3,(H,25,27). The zero-order valence-electron chi connectivity index (χ0n) is 17.2. The third-order valence-corrected chi connectivity index (χ3v) is 5.66. The molecule has 4 aromatic heterocycles. The highest BCUT2D eigenvalue weighted by atomic mass is 19.3. The summed E-state index contributed by atoms with van der Waals surface area (Å²) in [5.74, 6) is -1.90. The predicted octanol–water partition coefficient (Wildman–Crippen LogP) is 2.59. The van der Waals surface area contributed by atoms with Gasteiger partial charge in [0.25, 0.3) is 5.92 Å². The third kappa shape index (κ3) is 3.44. The van der Waals surface area contributed by atoms with Crippen molar-refractivity contribution in [1.29, 1.82) is 0 Å². The molecule has 0 radical (unpaired) electrons. The van der Waals surface area contributed by atoms with Crippen molar-refractivity contribution in [3.63, 3.8) is 0 Å².